The van der Waals surface area contributed by atoms with Crippen LogP contribution in [0.25, 0.3) is 0 Å². The van der Waals surface area contributed by atoms with Crippen LogP contribution in [0, 0.1) is 0 Å². The molecule has 2 aromatic heterocycles. The summed E-state index contributed by atoms with van der Waals surface area (Å²) in [6.07, 6.45) is 5.70. The fourth-order valence-electron chi connectivity index (χ4n) is 3.16. The molecule has 140 valence electrons. The van der Waals surface area contributed by atoms with E-state index in [2.05, 4.69) is 31.1 Å². The predicted molar refractivity (Wildman–Crippen MR) is 105 cm³/mol. The van der Waals surface area contributed by atoms with Crippen molar-refractivity contribution in [1.82, 2.24) is 4.98 Å². The molecule has 1 aliphatic rings. The first-order valence-corrected chi connectivity index (χ1v) is 9.86. The minimum atomic E-state index is -0.861. The number of carboxylic acid groups (broad SMARTS) is 1. The number of carboxylic acids is 1. The van der Waals surface area contributed by atoms with Gasteiger partial charge in [0.25, 0.3) is 0 Å². The number of aromatic nitrogens is 1. The molecule has 0 aromatic carbocycles. The van der Waals surface area contributed by atoms with Crippen molar-refractivity contribution in [3.63, 3.8) is 0 Å². The van der Waals surface area contributed by atoms with Gasteiger partial charge in [-0.1, -0.05) is 26.8 Å². The van der Waals surface area contributed by atoms with Crippen LogP contribution in [0.3, 0.4) is 0 Å². The summed E-state index contributed by atoms with van der Waals surface area (Å²) in [4.78, 5) is 17.3. The summed E-state index contributed by atoms with van der Waals surface area (Å²) in [5, 5.41) is 13.0. The molecule has 26 heavy (non-hydrogen) atoms. The molecule has 0 bridgehead atoms. The van der Waals surface area contributed by atoms with Crippen molar-refractivity contribution in [1.29, 1.82) is 0 Å². The van der Waals surface area contributed by atoms with E-state index in [1.807, 2.05) is 24.3 Å². The smallest absolute Gasteiger partial charge is 0.348 e. The highest BCUT2D eigenvalue weighted by atomic mass is 32.1. The largest absolute Gasteiger partial charge is 0.477 e. The second-order valence-electron chi connectivity index (χ2n) is 7.81. The van der Waals surface area contributed by atoms with E-state index in [0.29, 0.717) is 10.8 Å². The highest BCUT2D eigenvalue weighted by Gasteiger charge is 2.27. The van der Waals surface area contributed by atoms with Gasteiger partial charge < -0.3 is 15.2 Å². The van der Waals surface area contributed by atoms with Crippen molar-refractivity contribution in [2.24, 2.45) is 0 Å². The van der Waals surface area contributed by atoms with Crippen molar-refractivity contribution in [3.05, 3.63) is 40.2 Å². The number of nitrogens with zero attached hydrogens (tertiary/aromatic N) is 1. The Kier molecular flexibility index (Phi) is 5.51. The summed E-state index contributed by atoms with van der Waals surface area (Å²) in [7, 11) is 0. The van der Waals surface area contributed by atoms with Gasteiger partial charge in [-0.25, -0.2) is 9.78 Å². The van der Waals surface area contributed by atoms with Gasteiger partial charge in [0.05, 0.1) is 5.69 Å². The van der Waals surface area contributed by atoms with Crippen LogP contribution >= 0.6 is 11.3 Å². The number of aromatic carboxylic acids is 1. The maximum Gasteiger partial charge on any atom is 0.348 e. The van der Waals surface area contributed by atoms with Crippen LogP contribution in [0.15, 0.2) is 30.5 Å². The number of hydrogen-bond acceptors (Lipinski definition) is 5. The number of pyridine rings is 1. The standard InChI is InChI=1S/C20H26N2O3S/c1-20(2,3)16-12-15(18(26-16)19(23)24)22-13-7-9-14(10-8-13)25-17-6-4-5-11-21-17/h4-6,11-14,22H,7-10H2,1-3H3,(H,23,24). The molecule has 0 saturated heterocycles. The molecule has 3 rings (SSSR count). The van der Waals surface area contributed by atoms with Crippen LogP contribution in [-0.2, 0) is 5.41 Å². The fourth-order valence-corrected chi connectivity index (χ4v) is 4.18. The molecule has 1 aliphatic carbocycles. The van der Waals surface area contributed by atoms with E-state index in [1.165, 1.54) is 11.3 Å². The van der Waals surface area contributed by atoms with E-state index in [1.54, 1.807) is 6.20 Å². The number of carbonyl (C=O) groups is 1. The van der Waals surface area contributed by atoms with Gasteiger partial charge in [0.2, 0.25) is 5.88 Å². The summed E-state index contributed by atoms with van der Waals surface area (Å²) in [5.41, 5.74) is 0.699. The summed E-state index contributed by atoms with van der Waals surface area (Å²) < 4.78 is 5.93. The van der Waals surface area contributed by atoms with Crippen LogP contribution in [0.4, 0.5) is 5.69 Å². The molecule has 0 unspecified atom stereocenters. The Hall–Kier alpha value is -2.08. The molecule has 2 heterocycles. The molecule has 1 fully saturated rings. The van der Waals surface area contributed by atoms with Crippen molar-refractivity contribution in [2.45, 2.75) is 64.0 Å². The molecule has 0 amide bonds. The van der Waals surface area contributed by atoms with Crippen LogP contribution in [0.5, 0.6) is 5.88 Å². The highest BCUT2D eigenvalue weighted by molar-refractivity contribution is 7.14. The van der Waals surface area contributed by atoms with E-state index in [9.17, 15) is 9.90 Å². The van der Waals surface area contributed by atoms with Gasteiger partial charge in [0, 0.05) is 23.2 Å². The molecule has 6 heteroatoms. The van der Waals surface area contributed by atoms with Crippen molar-refractivity contribution >= 4 is 23.0 Å². The normalized spacial score (nSPS) is 20.6. The molecule has 2 aromatic rings. The van der Waals surface area contributed by atoms with Gasteiger partial charge in [0.15, 0.2) is 0 Å². The Morgan fingerprint density at radius 1 is 1.27 bits per heavy atom. The zero-order valence-electron chi connectivity index (χ0n) is 15.5. The molecule has 0 spiro atoms. The van der Waals surface area contributed by atoms with Crippen molar-refractivity contribution in [3.8, 4) is 5.88 Å². The van der Waals surface area contributed by atoms with Crippen LogP contribution in [0.1, 0.15) is 61.0 Å². The predicted octanol–water partition coefficient (Wildman–Crippen LogP) is 4.94. The molecular formula is C20H26N2O3S. The number of hydrogen-bond donors (Lipinski definition) is 2. The Morgan fingerprint density at radius 2 is 2.00 bits per heavy atom. The third kappa shape index (κ3) is 4.55. The SMILES string of the molecule is CC(C)(C)c1cc(NC2CCC(Oc3ccccn3)CC2)c(C(=O)O)s1. The van der Waals surface area contributed by atoms with E-state index in [-0.39, 0.29) is 17.6 Å². The number of rotatable bonds is 5. The number of thiophene rings is 1. The van der Waals surface area contributed by atoms with Gasteiger partial charge in [-0.3, -0.25) is 0 Å². The summed E-state index contributed by atoms with van der Waals surface area (Å²) >= 11 is 1.37. The van der Waals surface area contributed by atoms with Gasteiger partial charge in [0.1, 0.15) is 11.0 Å². The molecule has 5 nitrogen and oxygen atoms in total. The van der Waals surface area contributed by atoms with Crippen LogP contribution < -0.4 is 10.1 Å². The lowest BCUT2D eigenvalue weighted by atomic mass is 9.92. The Morgan fingerprint density at radius 3 is 2.58 bits per heavy atom. The first-order chi connectivity index (χ1) is 12.3. The lowest BCUT2D eigenvalue weighted by molar-refractivity contribution is 0.0703. The second-order valence-corrected chi connectivity index (χ2v) is 8.86. The summed E-state index contributed by atoms with van der Waals surface area (Å²) in [5.74, 6) is -0.190. The minimum absolute atomic E-state index is 0.0526. The zero-order valence-corrected chi connectivity index (χ0v) is 16.3. The highest BCUT2D eigenvalue weighted by Crippen LogP contribution is 2.37. The summed E-state index contributed by atoms with van der Waals surface area (Å²) in [6, 6.07) is 7.96. The monoisotopic (exact) mass is 374 g/mol. The third-order valence-electron chi connectivity index (χ3n) is 4.62. The fraction of sp³-hybridized carbons (Fsp3) is 0.500. The van der Waals surface area contributed by atoms with Crippen LogP contribution in [-0.4, -0.2) is 28.2 Å². The molecule has 0 aliphatic heterocycles. The van der Waals surface area contributed by atoms with E-state index in [0.717, 1.165) is 36.2 Å². The van der Waals surface area contributed by atoms with Gasteiger partial charge >= 0.3 is 5.97 Å². The number of nitrogens with one attached hydrogen (secondary N) is 1. The quantitative estimate of drug-likeness (QED) is 0.775. The topological polar surface area (TPSA) is 71.5 Å². The maximum atomic E-state index is 11.6. The van der Waals surface area contributed by atoms with E-state index in [4.69, 9.17) is 4.74 Å². The molecular weight excluding hydrogens is 348 g/mol. The molecule has 1 saturated carbocycles. The average molecular weight is 375 g/mol. The van der Waals surface area contributed by atoms with E-state index >= 15 is 0 Å². The summed E-state index contributed by atoms with van der Waals surface area (Å²) in [6.45, 7) is 6.32. The number of ether oxygens (including phenoxy) is 1. The molecule has 2 N–H and O–H groups in total. The second kappa shape index (κ2) is 7.66. The molecule has 0 atom stereocenters. The number of anilines is 1. The van der Waals surface area contributed by atoms with Gasteiger partial charge in [-0.2, -0.15) is 0 Å². The minimum Gasteiger partial charge on any atom is -0.477 e. The molecule has 0 radical (unpaired) electrons. The lowest BCUT2D eigenvalue weighted by Gasteiger charge is -2.29. The van der Waals surface area contributed by atoms with Gasteiger partial charge in [-0.15, -0.1) is 11.3 Å². The van der Waals surface area contributed by atoms with E-state index < -0.39 is 5.97 Å². The van der Waals surface area contributed by atoms with Crippen LogP contribution in [0.2, 0.25) is 0 Å². The Bertz CT molecular complexity index is 744. The average Bonchev–Trinajstić information content (AvgIpc) is 3.02. The third-order valence-corrected chi connectivity index (χ3v) is 6.17. The Labute approximate surface area is 158 Å². The zero-order chi connectivity index (χ0) is 18.7. The lowest BCUT2D eigenvalue weighted by Crippen LogP contribution is -2.31. The van der Waals surface area contributed by atoms with Gasteiger partial charge in [-0.05, 0) is 43.2 Å². The first kappa shape index (κ1) is 18.7. The van der Waals surface area contributed by atoms with Crippen molar-refractivity contribution in [2.75, 3.05) is 5.32 Å². The first-order valence-electron chi connectivity index (χ1n) is 9.05. The van der Waals surface area contributed by atoms with Crippen molar-refractivity contribution < 1.29 is 14.6 Å². The Balaban J connectivity index is 1.61. The maximum absolute atomic E-state index is 11.6.